The second kappa shape index (κ2) is 6.04. The lowest BCUT2D eigenvalue weighted by Crippen LogP contribution is -2.41. The highest BCUT2D eigenvalue weighted by molar-refractivity contribution is 7.16. The zero-order valence-corrected chi connectivity index (χ0v) is 12.1. The average molecular weight is 287 g/mol. The first kappa shape index (κ1) is 13.8. The number of halogens is 1. The smallest absolute Gasteiger partial charge is 0.230 e. The number of hydrogen-bond acceptors (Lipinski definition) is 3. The summed E-state index contributed by atoms with van der Waals surface area (Å²) in [7, 11) is 0. The van der Waals surface area contributed by atoms with Crippen molar-refractivity contribution < 1.29 is 4.79 Å². The Balaban J connectivity index is 1.95. The largest absolute Gasteiger partial charge is 0.342 e. The van der Waals surface area contributed by atoms with Crippen molar-refractivity contribution in [2.45, 2.75) is 25.7 Å². The molecule has 1 saturated heterocycles. The summed E-state index contributed by atoms with van der Waals surface area (Å²) >= 11 is 7.40. The van der Waals surface area contributed by atoms with Gasteiger partial charge in [0, 0.05) is 18.0 Å². The van der Waals surface area contributed by atoms with Gasteiger partial charge in [0.05, 0.1) is 10.3 Å². The van der Waals surface area contributed by atoms with Gasteiger partial charge in [0.1, 0.15) is 0 Å². The number of hydrogen-bond donors (Lipinski definition) is 1. The van der Waals surface area contributed by atoms with Crippen LogP contribution in [0.2, 0.25) is 4.34 Å². The van der Waals surface area contributed by atoms with Gasteiger partial charge in [-0.2, -0.15) is 0 Å². The molecule has 1 aromatic heterocycles. The quantitative estimate of drug-likeness (QED) is 0.929. The van der Waals surface area contributed by atoms with Crippen LogP contribution in [0, 0.1) is 5.92 Å². The minimum absolute atomic E-state index is 0.0862. The van der Waals surface area contributed by atoms with Crippen molar-refractivity contribution in [2.24, 2.45) is 11.7 Å². The summed E-state index contributed by atoms with van der Waals surface area (Å²) in [6.45, 7) is 4.37. The monoisotopic (exact) mass is 286 g/mol. The number of likely N-dealkylation sites (tertiary alicyclic amines) is 1. The van der Waals surface area contributed by atoms with Crippen LogP contribution in [0.3, 0.4) is 0 Å². The number of rotatable bonds is 3. The second-order valence-corrected chi connectivity index (χ2v) is 6.61. The van der Waals surface area contributed by atoms with Gasteiger partial charge in [0.2, 0.25) is 5.91 Å². The highest BCUT2D eigenvalue weighted by Crippen LogP contribution is 2.30. The van der Waals surface area contributed by atoms with Gasteiger partial charge in [-0.15, -0.1) is 11.3 Å². The van der Waals surface area contributed by atoms with Crippen molar-refractivity contribution in [2.75, 3.05) is 19.6 Å². The van der Waals surface area contributed by atoms with Crippen LogP contribution in [0.15, 0.2) is 12.1 Å². The van der Waals surface area contributed by atoms with E-state index in [2.05, 4.69) is 0 Å². The van der Waals surface area contributed by atoms with Crippen LogP contribution >= 0.6 is 22.9 Å². The average Bonchev–Trinajstić information content (AvgIpc) is 2.84. The number of nitrogens with two attached hydrogens (primary N) is 1. The molecule has 1 atom stereocenters. The molecule has 2 rings (SSSR count). The summed E-state index contributed by atoms with van der Waals surface area (Å²) in [6, 6.07) is 3.80. The van der Waals surface area contributed by atoms with E-state index in [0.29, 0.717) is 5.92 Å². The molecule has 1 aromatic rings. The first-order chi connectivity index (χ1) is 8.61. The molecule has 18 heavy (non-hydrogen) atoms. The molecule has 1 fully saturated rings. The fraction of sp³-hybridized carbons (Fsp3) is 0.615. The number of thiophene rings is 1. The third-order valence-electron chi connectivity index (χ3n) is 3.65. The summed E-state index contributed by atoms with van der Waals surface area (Å²) in [5.74, 6) is 0.710. The Kier molecular flexibility index (Phi) is 4.65. The van der Waals surface area contributed by atoms with Gasteiger partial charge in [0.25, 0.3) is 0 Å². The minimum atomic E-state index is -0.0862. The Labute approximate surface area is 117 Å². The summed E-state index contributed by atoms with van der Waals surface area (Å²) in [4.78, 5) is 15.4. The third-order valence-corrected chi connectivity index (χ3v) is 5.06. The lowest BCUT2D eigenvalue weighted by molar-refractivity contribution is -0.133. The Morgan fingerprint density at radius 3 is 2.72 bits per heavy atom. The molecule has 3 nitrogen and oxygen atoms in total. The van der Waals surface area contributed by atoms with Crippen LogP contribution in [0.5, 0.6) is 0 Å². The van der Waals surface area contributed by atoms with Crippen LogP contribution < -0.4 is 5.73 Å². The Bertz CT molecular complexity index is 413. The van der Waals surface area contributed by atoms with Gasteiger partial charge < -0.3 is 10.6 Å². The van der Waals surface area contributed by atoms with E-state index in [4.69, 9.17) is 17.3 Å². The fourth-order valence-corrected chi connectivity index (χ4v) is 3.45. The third kappa shape index (κ3) is 3.05. The molecule has 0 aliphatic carbocycles. The number of amides is 1. The topological polar surface area (TPSA) is 46.3 Å². The molecule has 0 radical (unpaired) electrons. The van der Waals surface area contributed by atoms with Gasteiger partial charge >= 0.3 is 0 Å². The van der Waals surface area contributed by atoms with Crippen molar-refractivity contribution in [3.63, 3.8) is 0 Å². The molecule has 5 heteroatoms. The van der Waals surface area contributed by atoms with E-state index in [0.717, 1.165) is 41.7 Å². The van der Waals surface area contributed by atoms with Gasteiger partial charge in [-0.1, -0.05) is 11.6 Å². The van der Waals surface area contributed by atoms with Crippen molar-refractivity contribution in [3.8, 4) is 0 Å². The zero-order valence-electron chi connectivity index (χ0n) is 10.6. The molecule has 0 saturated carbocycles. The maximum absolute atomic E-state index is 12.4. The molecule has 1 aliphatic heterocycles. The normalized spacial score (nSPS) is 18.9. The molecule has 2 N–H and O–H groups in total. The maximum atomic E-state index is 12.4. The Morgan fingerprint density at radius 2 is 2.22 bits per heavy atom. The van der Waals surface area contributed by atoms with Crippen LogP contribution in [0.1, 0.15) is 30.6 Å². The lowest BCUT2D eigenvalue weighted by atomic mass is 9.96. The molecule has 1 aliphatic rings. The molecular weight excluding hydrogens is 268 g/mol. The van der Waals surface area contributed by atoms with E-state index in [1.54, 1.807) is 0 Å². The predicted molar refractivity (Wildman–Crippen MR) is 76.1 cm³/mol. The van der Waals surface area contributed by atoms with Crippen LogP contribution in [0.4, 0.5) is 0 Å². The predicted octanol–water partition coefficient (Wildman–Crippen LogP) is 2.70. The number of nitrogens with zero attached hydrogens (tertiary/aromatic N) is 1. The van der Waals surface area contributed by atoms with Crippen LogP contribution in [-0.2, 0) is 4.79 Å². The highest BCUT2D eigenvalue weighted by Gasteiger charge is 2.26. The molecule has 0 spiro atoms. The van der Waals surface area contributed by atoms with E-state index in [1.165, 1.54) is 11.3 Å². The fourth-order valence-electron chi connectivity index (χ4n) is 2.35. The standard InChI is InChI=1S/C13H19ClN2OS/c1-9(11-2-3-12(14)18-11)13(17)16-6-4-10(8-15)5-7-16/h2-3,9-10H,4-8,15H2,1H3. The zero-order chi connectivity index (χ0) is 13.1. The number of piperidine rings is 1. The summed E-state index contributed by atoms with van der Waals surface area (Å²) in [5, 5.41) is 0. The minimum Gasteiger partial charge on any atom is -0.342 e. The first-order valence-corrected chi connectivity index (χ1v) is 7.55. The van der Waals surface area contributed by atoms with Gasteiger partial charge in [-0.05, 0) is 44.4 Å². The van der Waals surface area contributed by atoms with E-state index in [-0.39, 0.29) is 11.8 Å². The van der Waals surface area contributed by atoms with Crippen molar-refractivity contribution in [3.05, 3.63) is 21.3 Å². The van der Waals surface area contributed by atoms with E-state index >= 15 is 0 Å². The maximum Gasteiger partial charge on any atom is 0.230 e. The lowest BCUT2D eigenvalue weighted by Gasteiger charge is -2.33. The van der Waals surface area contributed by atoms with Gasteiger partial charge in [-0.3, -0.25) is 4.79 Å². The summed E-state index contributed by atoms with van der Waals surface area (Å²) in [6.07, 6.45) is 2.06. The molecule has 1 amide bonds. The number of carbonyl (C=O) groups is 1. The van der Waals surface area contributed by atoms with E-state index < -0.39 is 0 Å². The second-order valence-electron chi connectivity index (χ2n) is 4.87. The summed E-state index contributed by atoms with van der Waals surface area (Å²) in [5.41, 5.74) is 5.66. The molecule has 1 unspecified atom stereocenters. The number of carbonyl (C=O) groups excluding carboxylic acids is 1. The molecule has 0 bridgehead atoms. The van der Waals surface area contributed by atoms with E-state index in [1.807, 2.05) is 24.0 Å². The van der Waals surface area contributed by atoms with Crippen molar-refractivity contribution in [1.29, 1.82) is 0 Å². The molecule has 0 aromatic carbocycles. The molecule has 2 heterocycles. The van der Waals surface area contributed by atoms with E-state index in [9.17, 15) is 4.79 Å². The SMILES string of the molecule is CC(C(=O)N1CCC(CN)CC1)c1ccc(Cl)s1. The van der Waals surface area contributed by atoms with Crippen molar-refractivity contribution >= 4 is 28.8 Å². The van der Waals surface area contributed by atoms with Gasteiger partial charge in [-0.25, -0.2) is 0 Å². The van der Waals surface area contributed by atoms with Crippen molar-refractivity contribution in [1.82, 2.24) is 4.90 Å². The first-order valence-electron chi connectivity index (χ1n) is 6.36. The van der Waals surface area contributed by atoms with Crippen LogP contribution in [0.25, 0.3) is 0 Å². The molecular formula is C13H19ClN2OS. The Morgan fingerprint density at radius 1 is 1.56 bits per heavy atom. The molecule has 100 valence electrons. The Hall–Kier alpha value is -0.580. The highest BCUT2D eigenvalue weighted by atomic mass is 35.5. The summed E-state index contributed by atoms with van der Waals surface area (Å²) < 4.78 is 0.742. The van der Waals surface area contributed by atoms with Gasteiger partial charge in [0.15, 0.2) is 0 Å². The van der Waals surface area contributed by atoms with Crippen LogP contribution in [-0.4, -0.2) is 30.4 Å².